The Morgan fingerprint density at radius 1 is 1.26 bits per heavy atom. The fraction of sp³-hybridized carbons (Fsp3) is 0.267. The number of hydrogen-bond donors (Lipinski definition) is 1. The summed E-state index contributed by atoms with van der Waals surface area (Å²) in [6.45, 7) is 3.12. The number of anilines is 1. The number of amides is 1. The summed E-state index contributed by atoms with van der Waals surface area (Å²) in [7, 11) is 0. The van der Waals surface area contributed by atoms with Gasteiger partial charge in [-0.15, -0.1) is 0 Å². The van der Waals surface area contributed by atoms with E-state index in [1.54, 1.807) is 17.0 Å². The number of carbonyl (C=O) groups is 1. The summed E-state index contributed by atoms with van der Waals surface area (Å²) in [5, 5.41) is 0. The lowest BCUT2D eigenvalue weighted by molar-refractivity contribution is 0.0960. The Morgan fingerprint density at radius 3 is 2.68 bits per heavy atom. The Hall–Kier alpha value is -2.07. The lowest BCUT2D eigenvalue weighted by Gasteiger charge is -2.23. The lowest BCUT2D eigenvalue weighted by atomic mass is 10.1. The molecule has 0 spiro atoms. The average molecular weight is 258 g/mol. The number of aryl methyl sites for hydroxylation is 1. The van der Waals surface area contributed by atoms with Crippen molar-refractivity contribution in [2.45, 2.75) is 13.3 Å². The molecule has 0 saturated heterocycles. The SMILES string of the molecule is Cc1ccccc1N(CCCN)C(=O)c1ccco1. The van der Waals surface area contributed by atoms with E-state index in [0.717, 1.165) is 17.7 Å². The molecule has 0 aliphatic heterocycles. The van der Waals surface area contributed by atoms with Crippen molar-refractivity contribution in [3.8, 4) is 0 Å². The molecule has 1 aromatic heterocycles. The Morgan fingerprint density at radius 2 is 2.05 bits per heavy atom. The Bertz CT molecular complexity index is 535. The minimum absolute atomic E-state index is 0.132. The van der Waals surface area contributed by atoms with Crippen LogP contribution in [0.3, 0.4) is 0 Å². The molecule has 4 nitrogen and oxygen atoms in total. The molecule has 1 amide bonds. The van der Waals surface area contributed by atoms with Gasteiger partial charge in [0.1, 0.15) is 0 Å². The Labute approximate surface area is 112 Å². The van der Waals surface area contributed by atoms with Crippen LogP contribution in [0.15, 0.2) is 47.1 Å². The molecule has 0 bridgehead atoms. The number of benzene rings is 1. The summed E-state index contributed by atoms with van der Waals surface area (Å²) < 4.78 is 5.20. The zero-order chi connectivity index (χ0) is 13.7. The van der Waals surface area contributed by atoms with Crippen LogP contribution in [0.5, 0.6) is 0 Å². The first kappa shape index (κ1) is 13.4. The van der Waals surface area contributed by atoms with Crippen LogP contribution in [0.4, 0.5) is 5.69 Å². The van der Waals surface area contributed by atoms with Crippen molar-refractivity contribution in [2.24, 2.45) is 5.73 Å². The van der Waals surface area contributed by atoms with Crippen LogP contribution in [0.2, 0.25) is 0 Å². The fourth-order valence-corrected chi connectivity index (χ4v) is 1.98. The second-order valence-corrected chi connectivity index (χ2v) is 4.36. The fourth-order valence-electron chi connectivity index (χ4n) is 1.98. The molecular formula is C15H18N2O2. The maximum absolute atomic E-state index is 12.5. The lowest BCUT2D eigenvalue weighted by Crippen LogP contribution is -2.33. The van der Waals surface area contributed by atoms with Crippen molar-refractivity contribution in [3.63, 3.8) is 0 Å². The van der Waals surface area contributed by atoms with E-state index in [-0.39, 0.29) is 5.91 Å². The van der Waals surface area contributed by atoms with Crippen LogP contribution < -0.4 is 10.6 Å². The van der Waals surface area contributed by atoms with Crippen LogP contribution in [-0.4, -0.2) is 19.0 Å². The summed E-state index contributed by atoms with van der Waals surface area (Å²) in [4.78, 5) is 14.2. The molecule has 2 rings (SSSR count). The highest BCUT2D eigenvalue weighted by Crippen LogP contribution is 2.22. The molecular weight excluding hydrogens is 240 g/mol. The summed E-state index contributed by atoms with van der Waals surface area (Å²) >= 11 is 0. The van der Waals surface area contributed by atoms with Gasteiger partial charge in [-0.25, -0.2) is 0 Å². The maximum Gasteiger partial charge on any atom is 0.293 e. The first-order valence-electron chi connectivity index (χ1n) is 6.35. The van der Waals surface area contributed by atoms with Gasteiger partial charge in [0, 0.05) is 12.2 Å². The smallest absolute Gasteiger partial charge is 0.293 e. The topological polar surface area (TPSA) is 59.5 Å². The number of nitrogens with zero attached hydrogens (tertiary/aromatic N) is 1. The molecule has 100 valence electrons. The van der Waals surface area contributed by atoms with Gasteiger partial charge in [-0.1, -0.05) is 18.2 Å². The van der Waals surface area contributed by atoms with E-state index in [0.29, 0.717) is 18.8 Å². The van der Waals surface area contributed by atoms with Crippen molar-refractivity contribution >= 4 is 11.6 Å². The third kappa shape index (κ3) is 3.03. The molecule has 0 aliphatic rings. The van der Waals surface area contributed by atoms with E-state index in [1.807, 2.05) is 31.2 Å². The highest BCUT2D eigenvalue weighted by Gasteiger charge is 2.20. The zero-order valence-corrected chi connectivity index (χ0v) is 11.0. The Balaban J connectivity index is 2.31. The number of carbonyl (C=O) groups excluding carboxylic acids is 1. The van der Waals surface area contributed by atoms with Gasteiger partial charge in [0.05, 0.1) is 6.26 Å². The maximum atomic E-state index is 12.5. The summed E-state index contributed by atoms with van der Waals surface area (Å²) in [6, 6.07) is 11.2. The minimum atomic E-state index is -0.132. The van der Waals surface area contributed by atoms with E-state index in [4.69, 9.17) is 10.2 Å². The summed E-state index contributed by atoms with van der Waals surface area (Å²) in [5.41, 5.74) is 7.51. The van der Waals surface area contributed by atoms with Crippen molar-refractivity contribution in [3.05, 3.63) is 54.0 Å². The van der Waals surface area contributed by atoms with E-state index >= 15 is 0 Å². The van der Waals surface area contributed by atoms with Gasteiger partial charge in [-0.3, -0.25) is 4.79 Å². The van der Waals surface area contributed by atoms with E-state index in [2.05, 4.69) is 0 Å². The largest absolute Gasteiger partial charge is 0.459 e. The number of hydrogen-bond acceptors (Lipinski definition) is 3. The van der Waals surface area contributed by atoms with Gasteiger partial charge in [0.2, 0.25) is 0 Å². The Kier molecular flexibility index (Phi) is 4.36. The van der Waals surface area contributed by atoms with Crippen molar-refractivity contribution < 1.29 is 9.21 Å². The van der Waals surface area contributed by atoms with Crippen molar-refractivity contribution in [1.82, 2.24) is 0 Å². The molecule has 19 heavy (non-hydrogen) atoms. The highest BCUT2D eigenvalue weighted by molar-refractivity contribution is 6.04. The summed E-state index contributed by atoms with van der Waals surface area (Å²) in [6.07, 6.45) is 2.26. The van der Waals surface area contributed by atoms with Crippen LogP contribution in [0.25, 0.3) is 0 Å². The van der Waals surface area contributed by atoms with Crippen LogP contribution in [-0.2, 0) is 0 Å². The molecule has 0 atom stereocenters. The molecule has 0 aliphatic carbocycles. The van der Waals surface area contributed by atoms with Gasteiger partial charge in [-0.2, -0.15) is 0 Å². The van der Waals surface area contributed by atoms with Gasteiger partial charge in [0.25, 0.3) is 5.91 Å². The zero-order valence-electron chi connectivity index (χ0n) is 11.0. The van der Waals surface area contributed by atoms with Crippen LogP contribution in [0, 0.1) is 6.92 Å². The second-order valence-electron chi connectivity index (χ2n) is 4.36. The van der Waals surface area contributed by atoms with Crippen LogP contribution in [0.1, 0.15) is 22.5 Å². The molecule has 4 heteroatoms. The van der Waals surface area contributed by atoms with Gasteiger partial charge in [0.15, 0.2) is 5.76 Å². The highest BCUT2D eigenvalue weighted by atomic mass is 16.3. The van der Waals surface area contributed by atoms with Gasteiger partial charge in [-0.05, 0) is 43.7 Å². The second kappa shape index (κ2) is 6.20. The quantitative estimate of drug-likeness (QED) is 0.896. The van der Waals surface area contributed by atoms with E-state index < -0.39 is 0 Å². The standard InChI is InChI=1S/C15H18N2O2/c1-12-6-2-3-7-13(12)17(10-5-9-16)15(18)14-8-4-11-19-14/h2-4,6-8,11H,5,9-10,16H2,1H3. The predicted octanol–water partition coefficient (Wildman–Crippen LogP) is 2.58. The molecule has 0 radical (unpaired) electrons. The van der Waals surface area contributed by atoms with Gasteiger partial charge >= 0.3 is 0 Å². The first-order valence-corrected chi connectivity index (χ1v) is 6.35. The molecule has 2 aromatic rings. The monoisotopic (exact) mass is 258 g/mol. The average Bonchev–Trinajstić information content (AvgIpc) is 2.94. The summed E-state index contributed by atoms with van der Waals surface area (Å²) in [5.74, 6) is 0.216. The molecule has 0 saturated carbocycles. The number of furan rings is 1. The molecule has 0 fully saturated rings. The molecule has 1 aromatic carbocycles. The van der Waals surface area contributed by atoms with E-state index in [1.165, 1.54) is 6.26 Å². The normalized spacial score (nSPS) is 10.4. The van der Waals surface area contributed by atoms with E-state index in [9.17, 15) is 4.79 Å². The molecule has 2 N–H and O–H groups in total. The van der Waals surface area contributed by atoms with Crippen molar-refractivity contribution in [2.75, 3.05) is 18.0 Å². The van der Waals surface area contributed by atoms with Gasteiger partial charge < -0.3 is 15.1 Å². The third-order valence-electron chi connectivity index (χ3n) is 2.97. The third-order valence-corrected chi connectivity index (χ3v) is 2.97. The predicted molar refractivity (Wildman–Crippen MR) is 75.2 cm³/mol. The van der Waals surface area contributed by atoms with Crippen molar-refractivity contribution in [1.29, 1.82) is 0 Å². The number of nitrogens with two attached hydrogens (primary N) is 1. The van der Waals surface area contributed by atoms with Crippen LogP contribution >= 0.6 is 0 Å². The number of rotatable bonds is 5. The first-order chi connectivity index (χ1) is 9.24. The molecule has 0 unspecified atom stereocenters. The molecule has 1 heterocycles. The minimum Gasteiger partial charge on any atom is -0.459 e. The number of para-hydroxylation sites is 1.